The highest BCUT2D eigenvalue weighted by Gasteiger charge is 2.18. The molecule has 0 bridgehead atoms. The van der Waals surface area contributed by atoms with Crippen LogP contribution in [0.15, 0.2) is 47.4 Å². The molecule has 8 heteroatoms. The number of amides is 2. The molecule has 0 aliphatic heterocycles. The summed E-state index contributed by atoms with van der Waals surface area (Å²) in [6.45, 7) is 0.309. The number of sulfone groups is 1. The van der Waals surface area contributed by atoms with Gasteiger partial charge in [0.2, 0.25) is 0 Å². The van der Waals surface area contributed by atoms with Crippen molar-refractivity contribution in [3.05, 3.63) is 64.2 Å². The van der Waals surface area contributed by atoms with Crippen molar-refractivity contribution in [2.45, 2.75) is 11.4 Å². The van der Waals surface area contributed by atoms with Gasteiger partial charge in [0.15, 0.2) is 9.84 Å². The molecule has 0 atom stereocenters. The first-order chi connectivity index (χ1) is 12.1. The van der Waals surface area contributed by atoms with Crippen LogP contribution in [0.25, 0.3) is 0 Å². The average molecular weight is 395 g/mol. The largest absolute Gasteiger partial charge is 0.355 e. The lowest BCUT2D eigenvalue weighted by atomic mass is 10.1. The van der Waals surface area contributed by atoms with Crippen molar-refractivity contribution in [1.29, 1.82) is 0 Å². The Morgan fingerprint density at radius 3 is 2.19 bits per heavy atom. The number of hydrogen-bond donors (Lipinski definition) is 1. The zero-order chi connectivity index (χ0) is 19.5. The zero-order valence-electron chi connectivity index (χ0n) is 14.6. The van der Waals surface area contributed by atoms with Crippen LogP contribution in [-0.4, -0.2) is 45.5 Å². The summed E-state index contributed by atoms with van der Waals surface area (Å²) < 4.78 is 23.5. The molecule has 0 saturated carbocycles. The average Bonchev–Trinajstić information content (AvgIpc) is 2.60. The Kier molecular flexibility index (Phi) is 6.05. The number of benzene rings is 2. The SMILES string of the molecule is CNC(=O)c1ccc(CN(C)C(=O)c2ccc(Cl)c(S(C)(=O)=O)c2)cc1. The van der Waals surface area contributed by atoms with E-state index in [4.69, 9.17) is 11.6 Å². The quantitative estimate of drug-likeness (QED) is 0.843. The van der Waals surface area contributed by atoms with Gasteiger partial charge in [0, 0.05) is 38.0 Å². The molecule has 0 fully saturated rings. The number of rotatable bonds is 5. The monoisotopic (exact) mass is 394 g/mol. The number of carbonyl (C=O) groups is 2. The standard InChI is InChI=1S/C18H19ClN2O4S/c1-20-17(22)13-6-4-12(5-7-13)11-21(2)18(23)14-8-9-15(19)16(10-14)26(3,24)25/h4-10H,11H2,1-3H3,(H,20,22). The third-order valence-electron chi connectivity index (χ3n) is 3.79. The Labute approximate surface area is 157 Å². The number of hydrogen-bond acceptors (Lipinski definition) is 4. The lowest BCUT2D eigenvalue weighted by molar-refractivity contribution is 0.0784. The molecule has 2 aromatic carbocycles. The van der Waals surface area contributed by atoms with E-state index in [2.05, 4.69) is 5.32 Å². The molecule has 2 rings (SSSR count). The van der Waals surface area contributed by atoms with Crippen molar-refractivity contribution < 1.29 is 18.0 Å². The Hall–Kier alpha value is -2.38. The van der Waals surface area contributed by atoms with Gasteiger partial charge in [-0.1, -0.05) is 23.7 Å². The van der Waals surface area contributed by atoms with E-state index in [1.165, 1.54) is 23.1 Å². The molecule has 0 radical (unpaired) electrons. The van der Waals surface area contributed by atoms with E-state index in [1.54, 1.807) is 38.4 Å². The summed E-state index contributed by atoms with van der Waals surface area (Å²) in [5, 5.41) is 2.62. The van der Waals surface area contributed by atoms with Gasteiger partial charge in [0.05, 0.1) is 9.92 Å². The van der Waals surface area contributed by atoms with Crippen molar-refractivity contribution in [2.24, 2.45) is 0 Å². The van der Waals surface area contributed by atoms with Crippen molar-refractivity contribution in [3.63, 3.8) is 0 Å². The van der Waals surface area contributed by atoms with E-state index >= 15 is 0 Å². The minimum absolute atomic E-state index is 0.0756. The van der Waals surface area contributed by atoms with Gasteiger partial charge in [-0.15, -0.1) is 0 Å². The fraction of sp³-hybridized carbons (Fsp3) is 0.222. The summed E-state index contributed by atoms with van der Waals surface area (Å²) in [6, 6.07) is 11.1. The Morgan fingerprint density at radius 2 is 1.65 bits per heavy atom. The van der Waals surface area contributed by atoms with Crippen LogP contribution in [0.1, 0.15) is 26.3 Å². The van der Waals surface area contributed by atoms with Crippen molar-refractivity contribution in [1.82, 2.24) is 10.2 Å². The first-order valence-corrected chi connectivity index (χ1v) is 9.96. The van der Waals surface area contributed by atoms with Crippen LogP contribution in [0.3, 0.4) is 0 Å². The first kappa shape index (κ1) is 19.9. The van der Waals surface area contributed by atoms with Gasteiger partial charge < -0.3 is 10.2 Å². The van der Waals surface area contributed by atoms with Crippen LogP contribution < -0.4 is 5.32 Å². The van der Waals surface area contributed by atoms with E-state index in [0.717, 1.165) is 11.8 Å². The van der Waals surface area contributed by atoms with Crippen molar-refractivity contribution in [2.75, 3.05) is 20.4 Å². The molecular weight excluding hydrogens is 376 g/mol. The Morgan fingerprint density at radius 1 is 1.08 bits per heavy atom. The predicted molar refractivity (Wildman–Crippen MR) is 100 cm³/mol. The molecule has 0 aliphatic rings. The Balaban J connectivity index is 2.19. The molecule has 138 valence electrons. The molecule has 0 aromatic heterocycles. The summed E-state index contributed by atoms with van der Waals surface area (Å²) >= 11 is 5.91. The molecule has 0 heterocycles. The molecule has 0 spiro atoms. The maximum Gasteiger partial charge on any atom is 0.253 e. The molecule has 0 saturated heterocycles. The smallest absolute Gasteiger partial charge is 0.253 e. The van der Waals surface area contributed by atoms with Gasteiger partial charge in [-0.3, -0.25) is 9.59 Å². The third-order valence-corrected chi connectivity index (χ3v) is 5.37. The molecule has 0 unspecified atom stereocenters. The summed E-state index contributed by atoms with van der Waals surface area (Å²) in [6.07, 6.45) is 1.04. The highest BCUT2D eigenvalue weighted by molar-refractivity contribution is 7.90. The molecule has 1 N–H and O–H groups in total. The van der Waals surface area contributed by atoms with Crippen LogP contribution in [0.4, 0.5) is 0 Å². The van der Waals surface area contributed by atoms with Gasteiger partial charge >= 0.3 is 0 Å². The second-order valence-electron chi connectivity index (χ2n) is 5.85. The van der Waals surface area contributed by atoms with Gasteiger partial charge in [0.25, 0.3) is 11.8 Å². The second kappa shape index (κ2) is 7.88. The fourth-order valence-corrected chi connectivity index (χ4v) is 3.69. The van der Waals surface area contributed by atoms with Gasteiger partial charge in [0.1, 0.15) is 0 Å². The number of nitrogens with one attached hydrogen (secondary N) is 1. The van der Waals surface area contributed by atoms with Crippen molar-refractivity contribution >= 4 is 33.3 Å². The zero-order valence-corrected chi connectivity index (χ0v) is 16.2. The number of nitrogens with zero attached hydrogens (tertiary/aromatic N) is 1. The minimum atomic E-state index is -3.53. The first-order valence-electron chi connectivity index (χ1n) is 7.69. The Bertz CT molecular complexity index is 940. The summed E-state index contributed by atoms with van der Waals surface area (Å²) in [5.74, 6) is -0.516. The van der Waals surface area contributed by atoms with E-state index in [1.807, 2.05) is 0 Å². The molecule has 2 aromatic rings. The molecular formula is C18H19ClN2O4S. The topological polar surface area (TPSA) is 83.6 Å². The van der Waals surface area contributed by atoms with Gasteiger partial charge in [-0.2, -0.15) is 0 Å². The number of carbonyl (C=O) groups excluding carboxylic acids is 2. The fourth-order valence-electron chi connectivity index (χ4n) is 2.39. The van der Waals surface area contributed by atoms with Crippen LogP contribution in [0, 0.1) is 0 Å². The van der Waals surface area contributed by atoms with Crippen LogP contribution >= 0.6 is 11.6 Å². The third kappa shape index (κ3) is 4.62. The molecule has 2 amide bonds. The van der Waals surface area contributed by atoms with E-state index in [-0.39, 0.29) is 27.3 Å². The molecule has 0 aliphatic carbocycles. The number of halogens is 1. The van der Waals surface area contributed by atoms with Crippen LogP contribution in [0.2, 0.25) is 5.02 Å². The van der Waals surface area contributed by atoms with E-state index in [0.29, 0.717) is 12.1 Å². The van der Waals surface area contributed by atoms with Crippen molar-refractivity contribution in [3.8, 4) is 0 Å². The predicted octanol–water partition coefficient (Wildman–Crippen LogP) is 2.38. The lowest BCUT2D eigenvalue weighted by Crippen LogP contribution is -2.26. The molecule has 6 nitrogen and oxygen atoms in total. The molecule has 26 heavy (non-hydrogen) atoms. The summed E-state index contributed by atoms with van der Waals surface area (Å²) in [5.41, 5.74) is 1.60. The summed E-state index contributed by atoms with van der Waals surface area (Å²) in [7, 11) is -0.360. The highest BCUT2D eigenvalue weighted by Crippen LogP contribution is 2.23. The summed E-state index contributed by atoms with van der Waals surface area (Å²) in [4.78, 5) is 25.5. The second-order valence-corrected chi connectivity index (χ2v) is 8.25. The van der Waals surface area contributed by atoms with E-state index < -0.39 is 9.84 Å². The lowest BCUT2D eigenvalue weighted by Gasteiger charge is -2.18. The maximum atomic E-state index is 12.6. The maximum absolute atomic E-state index is 12.6. The van der Waals surface area contributed by atoms with Gasteiger partial charge in [-0.25, -0.2) is 8.42 Å². The van der Waals surface area contributed by atoms with Crippen LogP contribution in [0.5, 0.6) is 0 Å². The van der Waals surface area contributed by atoms with Gasteiger partial charge in [-0.05, 0) is 35.9 Å². The van der Waals surface area contributed by atoms with E-state index in [9.17, 15) is 18.0 Å². The highest BCUT2D eigenvalue weighted by atomic mass is 35.5. The van der Waals surface area contributed by atoms with Crippen LogP contribution in [-0.2, 0) is 16.4 Å². The minimum Gasteiger partial charge on any atom is -0.355 e. The normalized spacial score (nSPS) is 11.1.